The molecule has 0 aromatic rings. The summed E-state index contributed by atoms with van der Waals surface area (Å²) in [5, 5.41) is 27.0. The van der Waals surface area contributed by atoms with Crippen molar-refractivity contribution in [2.45, 2.75) is 187 Å². The number of rotatable bonds is 8. The van der Waals surface area contributed by atoms with Gasteiger partial charge >= 0.3 is 5.97 Å². The first-order valence-electron chi connectivity index (χ1n) is 25.0. The van der Waals surface area contributed by atoms with Crippen LogP contribution in [-0.2, 0) is 47.7 Å². The van der Waals surface area contributed by atoms with Crippen molar-refractivity contribution in [3.63, 3.8) is 0 Å². The predicted molar refractivity (Wildman–Crippen MR) is 257 cm³/mol. The Morgan fingerprint density at radius 3 is 2.28 bits per heavy atom. The van der Waals surface area contributed by atoms with Gasteiger partial charge in [0.25, 0.3) is 11.7 Å². The molecule has 2 saturated heterocycles. The molecule has 0 aromatic heterocycles. The third kappa shape index (κ3) is 15.1. The van der Waals surface area contributed by atoms with Crippen LogP contribution in [0.5, 0.6) is 0 Å². The van der Waals surface area contributed by atoms with Crippen molar-refractivity contribution in [3.05, 3.63) is 47.6 Å². The number of methoxy groups -OCH3 is 3. The van der Waals surface area contributed by atoms with Gasteiger partial charge in [-0.3, -0.25) is 19.2 Å². The van der Waals surface area contributed by atoms with Crippen LogP contribution in [0.25, 0.3) is 0 Å². The van der Waals surface area contributed by atoms with E-state index in [-0.39, 0.29) is 60.9 Å². The SMILES string of the molecule is CCNC1CC[C@@H](C[C@@H](C)[C@@H]2CC(=O)[C@H](C)/C=C(\C)[C@@H](O)[C@@H](OC)C(=O)[C@H](C)C[C@H](C)/C=C/C=C/C=C(\C)[C@@H](OC)C[C@@H]3CC[C@@H](C)[C@@](O)(O3)C(=O)C(=O)N3CCCC[C@H]3C(=O)O2)C[C@H]1OC. The van der Waals surface area contributed by atoms with Crippen LogP contribution >= 0.6 is 0 Å². The van der Waals surface area contributed by atoms with Gasteiger partial charge in [0, 0.05) is 64.5 Å². The summed E-state index contributed by atoms with van der Waals surface area (Å²) >= 11 is 0. The average molecular weight is 941 g/mol. The molecule has 0 spiro atoms. The highest BCUT2D eigenvalue weighted by Gasteiger charge is 2.53. The van der Waals surface area contributed by atoms with E-state index in [1.54, 1.807) is 41.1 Å². The number of cyclic esters (lactones) is 1. The topological polar surface area (TPSA) is 187 Å². The largest absolute Gasteiger partial charge is 0.460 e. The fourth-order valence-corrected chi connectivity index (χ4v) is 10.6. The summed E-state index contributed by atoms with van der Waals surface area (Å²) in [7, 11) is 4.70. The molecule has 3 heterocycles. The number of hydrogen-bond acceptors (Lipinski definition) is 13. The highest BCUT2D eigenvalue weighted by Crippen LogP contribution is 2.38. The number of aliphatic hydroxyl groups is 2. The zero-order chi connectivity index (χ0) is 49.6. The Morgan fingerprint density at radius 1 is 0.881 bits per heavy atom. The standard InChI is InChI=1S/C53H84N2O12/c1-12-54-41-24-22-39(29-46(41)64-10)28-35(5)45-31-43(56)34(4)27-37(7)48(58)49(65-11)47(57)36(6)26-32(2)18-14-13-15-19-33(3)44(63-9)30-40-23-21-38(8)53(62,67-40)50(59)51(60)55-25-17-16-20-42(55)52(61)66-45/h13-15,18-19,27,32,34-36,38-42,44-46,48-49,54,58,62H,12,16-17,20-26,28-31H2,1-11H3/b15-13+,18-14+,33-19+,37-27+/t32-,34-,35-,36-,38-,39+,40+,41?,42+,44+,45+,46-,48-,49+,53-/m1/s1. The van der Waals surface area contributed by atoms with Gasteiger partial charge in [-0.15, -0.1) is 0 Å². The molecule has 1 aliphatic carbocycles. The number of ketones is 3. The molecule has 67 heavy (non-hydrogen) atoms. The molecule has 1 saturated carbocycles. The monoisotopic (exact) mass is 941 g/mol. The first-order valence-corrected chi connectivity index (χ1v) is 25.0. The molecule has 2 bridgehead atoms. The molecule has 3 aliphatic heterocycles. The van der Waals surface area contributed by atoms with Crippen LogP contribution < -0.4 is 5.32 Å². The molecule has 14 heteroatoms. The van der Waals surface area contributed by atoms with Crippen LogP contribution in [-0.4, -0.2) is 133 Å². The van der Waals surface area contributed by atoms with E-state index in [4.69, 9.17) is 23.7 Å². The van der Waals surface area contributed by atoms with Crippen molar-refractivity contribution < 1.29 is 57.9 Å². The van der Waals surface area contributed by atoms with Crippen molar-refractivity contribution >= 4 is 29.2 Å². The molecule has 3 fully saturated rings. The maximum absolute atomic E-state index is 14.5. The minimum atomic E-state index is -2.42. The number of aliphatic hydroxyl groups excluding tert-OH is 1. The van der Waals surface area contributed by atoms with Gasteiger partial charge in [0.1, 0.15) is 30.1 Å². The van der Waals surface area contributed by atoms with E-state index in [2.05, 4.69) is 12.2 Å². The maximum Gasteiger partial charge on any atom is 0.329 e. The smallest absolute Gasteiger partial charge is 0.329 e. The Labute approximate surface area is 400 Å². The summed E-state index contributed by atoms with van der Waals surface area (Å²) in [4.78, 5) is 72.2. The number of nitrogens with one attached hydrogen (secondary N) is 1. The Morgan fingerprint density at radius 2 is 1.61 bits per heavy atom. The van der Waals surface area contributed by atoms with Crippen LogP contribution in [0.3, 0.4) is 0 Å². The number of carbonyl (C=O) groups is 5. The quantitative estimate of drug-likeness (QED) is 0.131. The Kier molecular flexibility index (Phi) is 22.3. The van der Waals surface area contributed by atoms with Gasteiger partial charge < -0.3 is 44.1 Å². The van der Waals surface area contributed by atoms with E-state index in [0.717, 1.165) is 31.4 Å². The lowest BCUT2D eigenvalue weighted by Crippen LogP contribution is -2.61. The molecule has 0 radical (unpaired) electrons. The molecule has 15 atom stereocenters. The summed E-state index contributed by atoms with van der Waals surface area (Å²) in [6.07, 6.45) is 13.3. The molecule has 14 nitrogen and oxygen atoms in total. The van der Waals surface area contributed by atoms with Gasteiger partial charge in [-0.05, 0) is 114 Å². The second kappa shape index (κ2) is 26.6. The van der Waals surface area contributed by atoms with Crippen molar-refractivity contribution in [2.75, 3.05) is 34.4 Å². The van der Waals surface area contributed by atoms with E-state index < -0.39 is 77.8 Å². The highest BCUT2D eigenvalue weighted by molar-refractivity contribution is 6.39. The number of allylic oxidation sites excluding steroid dienone is 6. The van der Waals surface area contributed by atoms with Gasteiger partial charge in [-0.25, -0.2) is 4.79 Å². The Hall–Kier alpha value is -3.37. The van der Waals surface area contributed by atoms with Gasteiger partial charge in [0.05, 0.1) is 18.3 Å². The first-order chi connectivity index (χ1) is 31.8. The molecule has 1 unspecified atom stereocenters. The summed E-state index contributed by atoms with van der Waals surface area (Å²) in [6.45, 7) is 15.8. The molecule has 378 valence electrons. The van der Waals surface area contributed by atoms with Crippen LogP contribution in [0.4, 0.5) is 0 Å². The van der Waals surface area contributed by atoms with Crippen LogP contribution in [0, 0.1) is 35.5 Å². The summed E-state index contributed by atoms with van der Waals surface area (Å²) in [6, 6.07) is -0.885. The molecule has 0 aromatic carbocycles. The lowest BCUT2D eigenvalue weighted by atomic mass is 9.77. The third-order valence-electron chi connectivity index (χ3n) is 15.0. The maximum atomic E-state index is 14.5. The summed E-state index contributed by atoms with van der Waals surface area (Å²) in [5.74, 6) is -7.59. The zero-order valence-corrected chi connectivity index (χ0v) is 42.4. The average Bonchev–Trinajstić information content (AvgIpc) is 3.30. The first kappa shape index (κ1) is 56.2. The minimum Gasteiger partial charge on any atom is -0.460 e. The summed E-state index contributed by atoms with van der Waals surface area (Å²) in [5.41, 5.74) is 1.29. The molecular weight excluding hydrogens is 857 g/mol. The minimum absolute atomic E-state index is 0.00877. The molecule has 4 aliphatic rings. The van der Waals surface area contributed by atoms with E-state index in [0.29, 0.717) is 50.5 Å². The van der Waals surface area contributed by atoms with Crippen molar-refractivity contribution in [2.24, 2.45) is 35.5 Å². The third-order valence-corrected chi connectivity index (χ3v) is 15.0. The number of hydrogen-bond donors (Lipinski definition) is 3. The van der Waals surface area contributed by atoms with Gasteiger partial charge in [0.15, 0.2) is 5.78 Å². The number of ether oxygens (including phenoxy) is 5. The predicted octanol–water partition coefficient (Wildman–Crippen LogP) is 6.80. The molecule has 3 N–H and O–H groups in total. The number of nitrogens with zero attached hydrogens (tertiary/aromatic N) is 1. The zero-order valence-electron chi connectivity index (χ0n) is 42.4. The van der Waals surface area contributed by atoms with E-state index in [1.165, 1.54) is 12.0 Å². The van der Waals surface area contributed by atoms with E-state index in [1.807, 2.05) is 58.1 Å². The lowest BCUT2D eigenvalue weighted by molar-refractivity contribution is -0.265. The molecule has 1 amide bonds. The Balaban J connectivity index is 1.70. The molecular formula is C53H84N2O12. The van der Waals surface area contributed by atoms with Crippen molar-refractivity contribution in [3.8, 4) is 0 Å². The number of esters is 1. The lowest BCUT2D eigenvalue weighted by Gasteiger charge is -2.42. The number of likely N-dealkylation sites (N-methyl/N-ethyl adjacent to an activating group) is 1. The second-order valence-electron chi connectivity index (χ2n) is 20.2. The molecule has 4 rings (SSSR count). The fraction of sp³-hybridized carbons (Fsp3) is 0.755. The summed E-state index contributed by atoms with van der Waals surface area (Å²) < 4.78 is 29.8. The van der Waals surface area contributed by atoms with Crippen molar-refractivity contribution in [1.29, 1.82) is 0 Å². The number of carbonyl (C=O) groups excluding carboxylic acids is 5. The normalized spacial score (nSPS) is 39.6. The van der Waals surface area contributed by atoms with Gasteiger partial charge in [-0.1, -0.05) is 78.0 Å². The second-order valence-corrected chi connectivity index (χ2v) is 20.2. The number of amides is 1. The number of fused-ring (bicyclic) bond motifs is 3. The van der Waals surface area contributed by atoms with E-state index >= 15 is 0 Å². The van der Waals surface area contributed by atoms with Crippen LogP contribution in [0.2, 0.25) is 0 Å². The van der Waals surface area contributed by atoms with Crippen LogP contribution in [0.1, 0.15) is 132 Å². The van der Waals surface area contributed by atoms with Crippen LogP contribution in [0.15, 0.2) is 47.6 Å². The van der Waals surface area contributed by atoms with E-state index in [9.17, 15) is 34.2 Å². The Bertz CT molecular complexity index is 1790. The number of piperidine rings is 1. The van der Waals surface area contributed by atoms with Gasteiger partial charge in [-0.2, -0.15) is 0 Å². The number of Topliss-reactive ketones (excluding diaryl/α,β-unsaturated/α-hetero) is 3. The van der Waals surface area contributed by atoms with Gasteiger partial charge in [0.2, 0.25) is 5.79 Å². The highest BCUT2D eigenvalue weighted by atomic mass is 16.6. The fourth-order valence-electron chi connectivity index (χ4n) is 10.6. The van der Waals surface area contributed by atoms with Crippen molar-refractivity contribution in [1.82, 2.24) is 10.2 Å².